The SMILES string of the molecule is CC(C)C(COS(=O)(=O)C(F)(F)F)O[Si](C)(C)C(C)(C)C. The summed E-state index contributed by atoms with van der Waals surface area (Å²) in [4.78, 5) is 0. The Bertz CT molecular complexity index is 438. The van der Waals surface area contributed by atoms with E-state index in [0.29, 0.717) is 0 Å². The third-order valence-corrected chi connectivity index (χ3v) is 9.18. The molecule has 0 spiro atoms. The summed E-state index contributed by atoms with van der Waals surface area (Å²) in [6.45, 7) is 12.7. The zero-order chi connectivity index (χ0) is 17.3. The number of hydrogen-bond donors (Lipinski definition) is 0. The van der Waals surface area contributed by atoms with Crippen LogP contribution in [-0.2, 0) is 18.7 Å². The van der Waals surface area contributed by atoms with Gasteiger partial charge >= 0.3 is 15.6 Å². The molecule has 0 amide bonds. The predicted octanol–water partition coefficient (Wildman–Crippen LogP) is 3.90. The third kappa shape index (κ3) is 5.88. The molecule has 0 fully saturated rings. The Morgan fingerprint density at radius 1 is 1.10 bits per heavy atom. The first-order chi connectivity index (χ1) is 9.01. The van der Waals surface area contributed by atoms with E-state index in [0.717, 1.165) is 0 Å². The van der Waals surface area contributed by atoms with E-state index in [1.807, 2.05) is 33.9 Å². The Morgan fingerprint density at radius 3 is 1.81 bits per heavy atom. The van der Waals surface area contributed by atoms with E-state index in [4.69, 9.17) is 4.43 Å². The van der Waals surface area contributed by atoms with Crippen molar-refractivity contribution in [3.63, 3.8) is 0 Å². The predicted molar refractivity (Wildman–Crippen MR) is 77.8 cm³/mol. The summed E-state index contributed by atoms with van der Waals surface area (Å²) in [7, 11) is -7.81. The van der Waals surface area contributed by atoms with E-state index in [1.165, 1.54) is 0 Å². The standard InChI is InChI=1S/C12H25F3O4SSi/c1-9(2)10(19-21(6,7)11(3,4)5)8-18-20(16,17)12(13,14)15/h9-10H,8H2,1-7H3. The van der Waals surface area contributed by atoms with Crippen LogP contribution in [0.1, 0.15) is 34.6 Å². The number of hydrogen-bond acceptors (Lipinski definition) is 4. The van der Waals surface area contributed by atoms with Gasteiger partial charge in [-0.2, -0.15) is 21.6 Å². The molecule has 0 aromatic rings. The summed E-state index contributed by atoms with van der Waals surface area (Å²) < 4.78 is 68.8. The van der Waals surface area contributed by atoms with Gasteiger partial charge in [-0.1, -0.05) is 34.6 Å². The summed E-state index contributed by atoms with van der Waals surface area (Å²) in [6, 6.07) is 0. The van der Waals surface area contributed by atoms with Gasteiger partial charge in [-0.05, 0) is 24.1 Å². The zero-order valence-electron chi connectivity index (χ0n) is 13.5. The van der Waals surface area contributed by atoms with Gasteiger partial charge in [0.15, 0.2) is 8.32 Å². The lowest BCUT2D eigenvalue weighted by molar-refractivity contribution is -0.0570. The van der Waals surface area contributed by atoms with Crippen molar-refractivity contribution in [3.05, 3.63) is 0 Å². The maximum Gasteiger partial charge on any atom is 0.523 e. The second kappa shape index (κ2) is 6.55. The largest absolute Gasteiger partial charge is 0.523 e. The van der Waals surface area contributed by atoms with Crippen molar-refractivity contribution in [2.75, 3.05) is 6.61 Å². The van der Waals surface area contributed by atoms with Crippen LogP contribution in [0.3, 0.4) is 0 Å². The molecule has 4 nitrogen and oxygen atoms in total. The average molecular weight is 350 g/mol. The second-order valence-electron chi connectivity index (χ2n) is 6.85. The quantitative estimate of drug-likeness (QED) is 0.414. The molecule has 0 aliphatic carbocycles. The van der Waals surface area contributed by atoms with E-state index in [1.54, 1.807) is 13.8 Å². The van der Waals surface area contributed by atoms with E-state index in [9.17, 15) is 21.6 Å². The van der Waals surface area contributed by atoms with Gasteiger partial charge in [-0.15, -0.1) is 0 Å². The monoisotopic (exact) mass is 350 g/mol. The molecule has 0 aromatic heterocycles. The van der Waals surface area contributed by atoms with Crippen LogP contribution >= 0.6 is 0 Å². The molecular weight excluding hydrogens is 325 g/mol. The number of rotatable bonds is 6. The normalized spacial score (nSPS) is 16.3. The van der Waals surface area contributed by atoms with E-state index < -0.39 is 36.7 Å². The van der Waals surface area contributed by atoms with Gasteiger partial charge in [0.2, 0.25) is 0 Å². The minimum absolute atomic E-state index is 0.136. The lowest BCUT2D eigenvalue weighted by atomic mass is 10.1. The summed E-state index contributed by atoms with van der Waals surface area (Å²) in [5.41, 5.74) is -5.41. The minimum atomic E-state index is -5.58. The van der Waals surface area contributed by atoms with Crippen molar-refractivity contribution < 1.29 is 30.2 Å². The first kappa shape index (κ1) is 20.9. The summed E-state index contributed by atoms with van der Waals surface area (Å²) >= 11 is 0. The smallest absolute Gasteiger partial charge is 0.411 e. The lowest BCUT2D eigenvalue weighted by Crippen LogP contribution is -2.47. The number of halogens is 3. The molecule has 1 unspecified atom stereocenters. The van der Waals surface area contributed by atoms with Crippen LogP contribution in [0.25, 0.3) is 0 Å². The maximum absolute atomic E-state index is 12.3. The van der Waals surface area contributed by atoms with Gasteiger partial charge in [-0.25, -0.2) is 0 Å². The summed E-state index contributed by atoms with van der Waals surface area (Å²) in [6.07, 6.45) is -0.706. The van der Waals surface area contributed by atoms with E-state index in [2.05, 4.69) is 4.18 Å². The highest BCUT2D eigenvalue weighted by Gasteiger charge is 2.48. The highest BCUT2D eigenvalue weighted by molar-refractivity contribution is 7.87. The highest BCUT2D eigenvalue weighted by atomic mass is 32.2. The molecule has 0 radical (unpaired) electrons. The van der Waals surface area contributed by atoms with Crippen molar-refractivity contribution in [1.82, 2.24) is 0 Å². The fourth-order valence-electron chi connectivity index (χ4n) is 1.14. The van der Waals surface area contributed by atoms with Gasteiger partial charge in [0, 0.05) is 0 Å². The Morgan fingerprint density at radius 2 is 1.52 bits per heavy atom. The topological polar surface area (TPSA) is 52.6 Å². The van der Waals surface area contributed by atoms with Crippen molar-refractivity contribution in [2.45, 2.75) is 64.4 Å². The molecule has 128 valence electrons. The summed E-state index contributed by atoms with van der Waals surface area (Å²) in [5.74, 6) is -0.164. The molecule has 0 saturated carbocycles. The van der Waals surface area contributed by atoms with Crippen LogP contribution < -0.4 is 0 Å². The van der Waals surface area contributed by atoms with Crippen LogP contribution in [0.15, 0.2) is 0 Å². The number of alkyl halides is 3. The summed E-state index contributed by atoms with van der Waals surface area (Å²) in [5, 5.41) is -0.136. The lowest BCUT2D eigenvalue weighted by Gasteiger charge is -2.40. The Kier molecular flexibility index (Phi) is 6.51. The van der Waals surface area contributed by atoms with Crippen LogP contribution in [0.2, 0.25) is 18.1 Å². The first-order valence-electron chi connectivity index (χ1n) is 6.65. The zero-order valence-corrected chi connectivity index (χ0v) is 15.4. The Labute approximate surface area is 126 Å². The first-order valence-corrected chi connectivity index (χ1v) is 11.0. The highest BCUT2D eigenvalue weighted by Crippen LogP contribution is 2.38. The molecule has 0 aliphatic heterocycles. The van der Waals surface area contributed by atoms with Gasteiger partial charge in [0.1, 0.15) is 0 Å². The van der Waals surface area contributed by atoms with Crippen molar-refractivity contribution in [3.8, 4) is 0 Å². The van der Waals surface area contributed by atoms with Gasteiger partial charge in [-0.3, -0.25) is 4.18 Å². The molecule has 0 aromatic carbocycles. The molecule has 0 rings (SSSR count). The Balaban J connectivity index is 4.99. The van der Waals surface area contributed by atoms with Crippen LogP contribution in [-0.4, -0.2) is 35.0 Å². The van der Waals surface area contributed by atoms with Crippen LogP contribution in [0, 0.1) is 5.92 Å². The minimum Gasteiger partial charge on any atom is -0.411 e. The second-order valence-corrected chi connectivity index (χ2v) is 13.2. The van der Waals surface area contributed by atoms with Crippen molar-refractivity contribution >= 4 is 18.4 Å². The van der Waals surface area contributed by atoms with Gasteiger partial charge in [0.05, 0.1) is 12.7 Å². The van der Waals surface area contributed by atoms with Crippen LogP contribution in [0.5, 0.6) is 0 Å². The molecule has 1 atom stereocenters. The third-order valence-electron chi connectivity index (χ3n) is 3.67. The van der Waals surface area contributed by atoms with E-state index >= 15 is 0 Å². The van der Waals surface area contributed by atoms with Crippen LogP contribution in [0.4, 0.5) is 13.2 Å². The van der Waals surface area contributed by atoms with Crippen molar-refractivity contribution in [1.29, 1.82) is 0 Å². The molecule has 21 heavy (non-hydrogen) atoms. The fraction of sp³-hybridized carbons (Fsp3) is 1.00. The molecule has 0 heterocycles. The van der Waals surface area contributed by atoms with E-state index in [-0.39, 0.29) is 11.0 Å². The molecular formula is C12H25F3O4SSi. The Hall–Kier alpha value is -0.123. The molecule has 0 bridgehead atoms. The molecule has 0 aliphatic rings. The van der Waals surface area contributed by atoms with Gasteiger partial charge in [0.25, 0.3) is 0 Å². The molecule has 0 N–H and O–H groups in total. The molecule has 0 saturated heterocycles. The van der Waals surface area contributed by atoms with Gasteiger partial charge < -0.3 is 4.43 Å². The molecule has 9 heteroatoms. The maximum atomic E-state index is 12.3. The average Bonchev–Trinajstić information content (AvgIpc) is 2.20. The fourth-order valence-corrected chi connectivity index (χ4v) is 3.04. The van der Waals surface area contributed by atoms with Crippen molar-refractivity contribution in [2.24, 2.45) is 5.92 Å².